The molecule has 7 aromatic rings. The van der Waals surface area contributed by atoms with Crippen LogP contribution >= 0.6 is 23.6 Å². The van der Waals surface area contributed by atoms with Crippen LogP contribution in [0.15, 0.2) is 117 Å². The van der Waals surface area contributed by atoms with Crippen LogP contribution in [0.1, 0.15) is 0 Å². The summed E-state index contributed by atoms with van der Waals surface area (Å²) in [6, 6.07) is 33.7. The minimum atomic E-state index is 0. The molecule has 178 valence electrons. The van der Waals surface area contributed by atoms with Crippen molar-refractivity contribution in [1.82, 2.24) is 19.5 Å². The molecule has 0 aliphatic carbocycles. The second kappa shape index (κ2) is 15.1. The second-order valence-electron chi connectivity index (χ2n) is 7.51. The van der Waals surface area contributed by atoms with Gasteiger partial charge < -0.3 is 46.0 Å². The van der Waals surface area contributed by atoms with Crippen LogP contribution in [0.4, 0.5) is 0 Å². The fraction of sp³-hybridized carbons (Fsp3) is 0. The van der Waals surface area contributed by atoms with E-state index in [-0.39, 0.29) is 80.9 Å². The van der Waals surface area contributed by atoms with Crippen molar-refractivity contribution in [1.29, 1.82) is 0 Å². The van der Waals surface area contributed by atoms with E-state index in [2.05, 4.69) is 33.2 Å². The number of rotatable bonds is 1. The van der Waals surface area contributed by atoms with Crippen LogP contribution in [0.2, 0.25) is 0 Å². The van der Waals surface area contributed by atoms with Gasteiger partial charge in [0, 0.05) is 5.69 Å². The number of nitrogens with zero attached hydrogens (tertiary/aromatic N) is 3. The Hall–Kier alpha value is -0.994. The molecule has 0 saturated carbocycles. The van der Waals surface area contributed by atoms with Gasteiger partial charge in [0.2, 0.25) is 0 Å². The Morgan fingerprint density at radius 3 is 2.13 bits per heavy atom. The number of aromatic amines is 1. The molecule has 0 fully saturated rings. The summed E-state index contributed by atoms with van der Waals surface area (Å²) in [4.78, 5) is 11.3. The minimum Gasteiger partial charge on any atom is -0.721 e. The van der Waals surface area contributed by atoms with Crippen LogP contribution < -0.4 is 80.9 Å². The van der Waals surface area contributed by atoms with Gasteiger partial charge in [-0.1, -0.05) is 60.7 Å². The van der Waals surface area contributed by atoms with Gasteiger partial charge in [-0.15, -0.1) is 0 Å². The number of para-hydroxylation sites is 6. The first kappa shape index (κ1) is 31.5. The molecule has 5 nitrogen and oxygen atoms in total. The third-order valence-corrected chi connectivity index (χ3v) is 6.78. The number of imidazole rings is 1. The van der Waals surface area contributed by atoms with Crippen molar-refractivity contribution in [3.05, 3.63) is 108 Å². The molecule has 0 unspecified atom stereocenters. The summed E-state index contributed by atoms with van der Waals surface area (Å²) in [6.45, 7) is 0. The topological polar surface area (TPSA) is 59.6 Å². The maximum absolute atomic E-state index is 5.34. The van der Waals surface area contributed by atoms with E-state index in [0.717, 1.165) is 42.4 Å². The van der Waals surface area contributed by atoms with E-state index in [0.29, 0.717) is 5.22 Å². The zero-order valence-corrected chi connectivity index (χ0v) is 29.1. The number of benzene rings is 4. The summed E-state index contributed by atoms with van der Waals surface area (Å²) in [5, 5.41) is 0.307. The Kier molecular flexibility index (Phi) is 12.6. The summed E-state index contributed by atoms with van der Waals surface area (Å²) in [5.41, 5.74) is 5.86. The quantitative estimate of drug-likeness (QED) is 0.175. The summed E-state index contributed by atoms with van der Waals surface area (Å²) in [5.74, 6) is 0. The van der Waals surface area contributed by atoms with Gasteiger partial charge in [0.05, 0.1) is 21.8 Å². The molecule has 0 atom stereocenters. The Bertz CT molecular complexity index is 1680. The maximum atomic E-state index is 5.34. The van der Waals surface area contributed by atoms with Crippen molar-refractivity contribution >= 4 is 81.2 Å². The third-order valence-electron chi connectivity index (χ3n) is 5.15. The molecule has 0 radical (unpaired) electrons. The van der Waals surface area contributed by atoms with Crippen LogP contribution in [-0.2, 0) is 25.3 Å². The molecule has 0 amide bonds. The van der Waals surface area contributed by atoms with E-state index < -0.39 is 0 Å². The number of H-pyrrole nitrogens is 1. The van der Waals surface area contributed by atoms with E-state index in [4.69, 9.17) is 41.9 Å². The Morgan fingerprint density at radius 1 is 0.763 bits per heavy atom. The van der Waals surface area contributed by atoms with E-state index in [9.17, 15) is 0 Å². The molecule has 11 heteroatoms. The normalized spacial score (nSPS) is 10.0. The molecule has 38 heavy (non-hydrogen) atoms. The SMILES string of the molecule is S=c1[nH]c2ccccc2n1-c1ccccc1.[K+].[Na+].[S-]c1nc2ccccc2o1.[S-]c1nc2ccccc2s1. The molecule has 7 rings (SSSR count). The number of hydrogen-bond acceptors (Lipinski definition) is 7. The van der Waals surface area contributed by atoms with Gasteiger partial charge in [0.25, 0.3) is 0 Å². The molecule has 0 spiro atoms. The first-order valence-electron chi connectivity index (χ1n) is 10.9. The van der Waals surface area contributed by atoms with Crippen LogP contribution in [0.3, 0.4) is 0 Å². The number of hydrogen-bond donors (Lipinski definition) is 1. The molecule has 1 N–H and O–H groups in total. The van der Waals surface area contributed by atoms with Crippen molar-refractivity contribution < 1.29 is 85.4 Å². The summed E-state index contributed by atoms with van der Waals surface area (Å²) in [7, 11) is 0. The van der Waals surface area contributed by atoms with Crippen LogP contribution in [0.25, 0.3) is 38.0 Å². The van der Waals surface area contributed by atoms with Gasteiger partial charge >= 0.3 is 80.9 Å². The van der Waals surface area contributed by atoms with Gasteiger partial charge in [0.15, 0.2) is 10.4 Å². The average Bonchev–Trinajstić information content (AvgIpc) is 3.57. The first-order chi connectivity index (χ1) is 17.6. The molecular formula is C27H18KN4NaOS4. The Labute approximate surface area is 304 Å². The van der Waals surface area contributed by atoms with Crippen molar-refractivity contribution in [3.8, 4) is 5.69 Å². The fourth-order valence-electron chi connectivity index (χ4n) is 3.59. The zero-order valence-electron chi connectivity index (χ0n) is 20.7. The van der Waals surface area contributed by atoms with E-state index in [1.54, 1.807) is 11.3 Å². The molecule has 0 aliphatic rings. The molecule has 0 bridgehead atoms. The van der Waals surface area contributed by atoms with Crippen LogP contribution in [0.5, 0.6) is 0 Å². The van der Waals surface area contributed by atoms with Crippen molar-refractivity contribution in [3.63, 3.8) is 0 Å². The predicted octanol–water partition coefficient (Wildman–Crippen LogP) is 1.63. The molecule has 3 heterocycles. The first-order valence-corrected chi connectivity index (χ1v) is 12.9. The monoisotopic (exact) mass is 604 g/mol. The van der Waals surface area contributed by atoms with Crippen molar-refractivity contribution in [2.45, 2.75) is 9.56 Å². The summed E-state index contributed by atoms with van der Waals surface area (Å²) < 4.78 is 9.74. The van der Waals surface area contributed by atoms with Crippen molar-refractivity contribution in [2.24, 2.45) is 0 Å². The molecule has 4 aromatic carbocycles. The average molecular weight is 605 g/mol. The fourth-order valence-corrected chi connectivity index (χ4v) is 5.16. The van der Waals surface area contributed by atoms with E-state index in [1.807, 2.05) is 89.5 Å². The smallest absolute Gasteiger partial charge is 0.721 e. The van der Waals surface area contributed by atoms with Crippen LogP contribution in [0, 0.1) is 4.77 Å². The summed E-state index contributed by atoms with van der Waals surface area (Å²) >= 11 is 16.6. The predicted molar refractivity (Wildman–Crippen MR) is 153 cm³/mol. The van der Waals surface area contributed by atoms with Gasteiger partial charge in [0.1, 0.15) is 5.52 Å². The Balaban J connectivity index is 0.000000160. The van der Waals surface area contributed by atoms with Gasteiger partial charge in [-0.25, -0.2) is 4.98 Å². The van der Waals surface area contributed by atoms with Gasteiger partial charge in [-0.3, -0.25) is 9.55 Å². The molecular weight excluding hydrogens is 587 g/mol. The number of oxazole rings is 1. The molecule has 0 saturated heterocycles. The second-order valence-corrected chi connectivity index (χ2v) is 9.92. The number of nitrogens with one attached hydrogen (secondary N) is 1. The summed E-state index contributed by atoms with van der Waals surface area (Å²) in [6.07, 6.45) is 0. The largest absolute Gasteiger partial charge is 1.00 e. The van der Waals surface area contributed by atoms with E-state index in [1.165, 1.54) is 4.70 Å². The zero-order chi connectivity index (χ0) is 24.9. The maximum Gasteiger partial charge on any atom is 1.00 e. The van der Waals surface area contributed by atoms with E-state index >= 15 is 0 Å². The number of aromatic nitrogens is 4. The van der Waals surface area contributed by atoms with Crippen molar-refractivity contribution in [2.75, 3.05) is 0 Å². The Morgan fingerprint density at radius 2 is 1.39 bits per heavy atom. The van der Waals surface area contributed by atoms with Gasteiger partial charge in [-0.05, 0) is 63.7 Å². The standard InChI is InChI=1S/C13H10N2S.C7H5NOS.C7H5NS2.K.Na/c16-13-14-11-8-4-5-9-12(11)15(13)10-6-2-1-3-7-10;10-7-8-5-3-1-2-4-6(5)9-7;9-7-8-5-3-1-2-4-6(5)10-7;;/h1-9H,(H,14,16);1-4H,(H,8,10);1-4H,(H,8,9);;/q;;;2*+1/p-2. The third kappa shape index (κ3) is 7.81. The number of fused-ring (bicyclic) bond motifs is 3. The minimum absolute atomic E-state index is 0. The molecule has 3 aromatic heterocycles. The number of thiazole rings is 1. The van der Waals surface area contributed by atoms with Gasteiger partial charge in [-0.2, -0.15) is 0 Å². The van der Waals surface area contributed by atoms with Crippen LogP contribution in [-0.4, -0.2) is 19.5 Å². The molecule has 0 aliphatic heterocycles.